The number of ether oxygens (including phenoxy) is 1. The summed E-state index contributed by atoms with van der Waals surface area (Å²) in [4.78, 5) is 7.86. The van der Waals surface area contributed by atoms with E-state index in [0.29, 0.717) is 19.0 Å². The van der Waals surface area contributed by atoms with Gasteiger partial charge in [0, 0.05) is 18.3 Å². The molecule has 0 aliphatic heterocycles. The molecular formula is C12H15N5O. The fourth-order valence-electron chi connectivity index (χ4n) is 1.56. The van der Waals surface area contributed by atoms with E-state index >= 15 is 0 Å². The van der Waals surface area contributed by atoms with Crippen molar-refractivity contribution in [1.29, 1.82) is 0 Å². The zero-order valence-electron chi connectivity index (χ0n) is 9.84. The zero-order valence-corrected chi connectivity index (χ0v) is 9.84. The summed E-state index contributed by atoms with van der Waals surface area (Å²) < 4.78 is 5.45. The molecule has 1 aromatic carbocycles. The largest absolute Gasteiger partial charge is 0.492 e. The summed E-state index contributed by atoms with van der Waals surface area (Å²) in [6.45, 7) is 0.939. The molecule has 0 aliphatic carbocycles. The summed E-state index contributed by atoms with van der Waals surface area (Å²) in [5.41, 5.74) is 18.3. The predicted molar refractivity (Wildman–Crippen MR) is 70.8 cm³/mol. The molecule has 18 heavy (non-hydrogen) atoms. The minimum Gasteiger partial charge on any atom is -0.492 e. The van der Waals surface area contributed by atoms with E-state index in [4.69, 9.17) is 21.9 Å². The van der Waals surface area contributed by atoms with Crippen LogP contribution in [0.15, 0.2) is 30.5 Å². The molecule has 1 heterocycles. The zero-order chi connectivity index (χ0) is 13.0. The molecule has 6 heteroatoms. The van der Waals surface area contributed by atoms with E-state index in [1.165, 1.54) is 0 Å². The summed E-state index contributed by atoms with van der Waals surface area (Å²) in [6.07, 6.45) is 1.60. The molecule has 2 rings (SSSR count). The van der Waals surface area contributed by atoms with Gasteiger partial charge in [0.15, 0.2) is 0 Å². The van der Waals surface area contributed by atoms with Gasteiger partial charge in [0.2, 0.25) is 5.95 Å². The monoisotopic (exact) mass is 245 g/mol. The lowest BCUT2D eigenvalue weighted by Crippen LogP contribution is -2.10. The minimum absolute atomic E-state index is 0.159. The summed E-state index contributed by atoms with van der Waals surface area (Å²) in [6, 6.07) is 7.49. The molecule has 0 atom stereocenters. The van der Waals surface area contributed by atoms with Crippen LogP contribution in [0.3, 0.4) is 0 Å². The van der Waals surface area contributed by atoms with E-state index in [0.717, 1.165) is 16.9 Å². The summed E-state index contributed by atoms with van der Waals surface area (Å²) in [5.74, 6) is 1.24. The fourth-order valence-corrected chi connectivity index (χ4v) is 1.56. The molecule has 0 fully saturated rings. The van der Waals surface area contributed by atoms with E-state index in [2.05, 4.69) is 9.97 Å². The highest BCUT2D eigenvalue weighted by atomic mass is 16.5. The van der Waals surface area contributed by atoms with E-state index < -0.39 is 0 Å². The van der Waals surface area contributed by atoms with Crippen LogP contribution in [0.25, 0.3) is 11.1 Å². The second-order valence-electron chi connectivity index (χ2n) is 3.69. The Morgan fingerprint density at radius 3 is 2.78 bits per heavy atom. The van der Waals surface area contributed by atoms with Crippen LogP contribution >= 0.6 is 0 Å². The van der Waals surface area contributed by atoms with Crippen LogP contribution in [0.2, 0.25) is 0 Å². The Morgan fingerprint density at radius 2 is 2.06 bits per heavy atom. The third-order valence-electron chi connectivity index (χ3n) is 2.37. The topological polar surface area (TPSA) is 113 Å². The molecule has 0 spiro atoms. The normalized spacial score (nSPS) is 10.3. The van der Waals surface area contributed by atoms with Crippen molar-refractivity contribution in [3.8, 4) is 16.9 Å². The Balaban J connectivity index is 2.32. The van der Waals surface area contributed by atoms with Crippen molar-refractivity contribution in [1.82, 2.24) is 9.97 Å². The average molecular weight is 245 g/mol. The third kappa shape index (κ3) is 2.67. The van der Waals surface area contributed by atoms with Crippen LogP contribution < -0.4 is 21.9 Å². The molecule has 2 aromatic rings. The SMILES string of the molecule is NCCOc1cccc(-c2cnc(N)nc2N)c1. The lowest BCUT2D eigenvalue weighted by Gasteiger charge is -2.08. The highest BCUT2D eigenvalue weighted by Gasteiger charge is 2.06. The summed E-state index contributed by atoms with van der Waals surface area (Å²) in [5, 5.41) is 0. The molecule has 0 bridgehead atoms. The standard InChI is InChI=1S/C12H15N5O/c13-4-5-18-9-3-1-2-8(6-9)10-7-16-12(15)17-11(10)14/h1-3,6-7H,4-5,13H2,(H4,14,15,16,17). The van der Waals surface area contributed by atoms with Crippen molar-refractivity contribution in [3.63, 3.8) is 0 Å². The molecule has 6 N–H and O–H groups in total. The Morgan fingerprint density at radius 1 is 1.22 bits per heavy atom. The number of aromatic nitrogens is 2. The number of nitrogens with two attached hydrogens (primary N) is 3. The van der Waals surface area contributed by atoms with Gasteiger partial charge in [-0.25, -0.2) is 4.98 Å². The van der Waals surface area contributed by atoms with Gasteiger partial charge in [-0.3, -0.25) is 0 Å². The first-order chi connectivity index (χ1) is 8.70. The van der Waals surface area contributed by atoms with Gasteiger partial charge in [-0.15, -0.1) is 0 Å². The van der Waals surface area contributed by atoms with E-state index in [1.807, 2.05) is 24.3 Å². The Hall–Kier alpha value is -2.34. The molecule has 1 aromatic heterocycles. The van der Waals surface area contributed by atoms with Gasteiger partial charge in [0.25, 0.3) is 0 Å². The number of rotatable bonds is 4. The fraction of sp³-hybridized carbons (Fsp3) is 0.167. The quantitative estimate of drug-likeness (QED) is 0.728. The molecule has 6 nitrogen and oxygen atoms in total. The number of nitrogen functional groups attached to an aromatic ring is 2. The van der Waals surface area contributed by atoms with Crippen LogP contribution in [0, 0.1) is 0 Å². The van der Waals surface area contributed by atoms with Crippen molar-refractivity contribution < 1.29 is 4.74 Å². The Bertz CT molecular complexity index is 544. The molecule has 0 radical (unpaired) electrons. The molecule has 0 saturated carbocycles. The maximum absolute atomic E-state index is 5.81. The number of anilines is 2. The van der Waals surface area contributed by atoms with Crippen LogP contribution in [-0.2, 0) is 0 Å². The number of hydrogen-bond donors (Lipinski definition) is 3. The van der Waals surface area contributed by atoms with Crippen LogP contribution in [0.4, 0.5) is 11.8 Å². The average Bonchev–Trinajstić information content (AvgIpc) is 2.36. The summed E-state index contributed by atoms with van der Waals surface area (Å²) in [7, 11) is 0. The maximum atomic E-state index is 5.81. The van der Waals surface area contributed by atoms with Crippen molar-refractivity contribution in [2.24, 2.45) is 5.73 Å². The molecule has 94 valence electrons. The molecule has 0 saturated heterocycles. The first kappa shape index (κ1) is 12.1. The van der Waals surface area contributed by atoms with Gasteiger partial charge in [-0.1, -0.05) is 12.1 Å². The van der Waals surface area contributed by atoms with Crippen molar-refractivity contribution in [2.75, 3.05) is 24.6 Å². The number of benzene rings is 1. The van der Waals surface area contributed by atoms with E-state index in [9.17, 15) is 0 Å². The van der Waals surface area contributed by atoms with Gasteiger partial charge >= 0.3 is 0 Å². The predicted octanol–water partition coefficient (Wildman–Crippen LogP) is 0.645. The number of hydrogen-bond acceptors (Lipinski definition) is 6. The highest BCUT2D eigenvalue weighted by molar-refractivity contribution is 5.74. The van der Waals surface area contributed by atoms with Gasteiger partial charge in [-0.2, -0.15) is 4.98 Å². The van der Waals surface area contributed by atoms with Gasteiger partial charge in [-0.05, 0) is 17.7 Å². The third-order valence-corrected chi connectivity index (χ3v) is 2.37. The molecule has 0 aliphatic rings. The second-order valence-corrected chi connectivity index (χ2v) is 3.69. The first-order valence-corrected chi connectivity index (χ1v) is 5.52. The van der Waals surface area contributed by atoms with E-state index in [1.54, 1.807) is 6.20 Å². The van der Waals surface area contributed by atoms with Crippen LogP contribution in [-0.4, -0.2) is 23.1 Å². The van der Waals surface area contributed by atoms with Crippen LogP contribution in [0.5, 0.6) is 5.75 Å². The molecular weight excluding hydrogens is 230 g/mol. The Kier molecular flexibility index (Phi) is 3.59. The first-order valence-electron chi connectivity index (χ1n) is 5.52. The van der Waals surface area contributed by atoms with Gasteiger partial charge < -0.3 is 21.9 Å². The lowest BCUT2D eigenvalue weighted by molar-refractivity contribution is 0.328. The van der Waals surface area contributed by atoms with Gasteiger partial charge in [0.05, 0.1) is 0 Å². The maximum Gasteiger partial charge on any atom is 0.221 e. The Labute approximate surface area is 105 Å². The van der Waals surface area contributed by atoms with Crippen molar-refractivity contribution >= 4 is 11.8 Å². The lowest BCUT2D eigenvalue weighted by atomic mass is 10.1. The highest BCUT2D eigenvalue weighted by Crippen LogP contribution is 2.27. The van der Waals surface area contributed by atoms with Gasteiger partial charge in [0.1, 0.15) is 18.2 Å². The molecule has 0 amide bonds. The molecule has 0 unspecified atom stereocenters. The van der Waals surface area contributed by atoms with Crippen molar-refractivity contribution in [2.45, 2.75) is 0 Å². The number of nitrogens with zero attached hydrogens (tertiary/aromatic N) is 2. The summed E-state index contributed by atoms with van der Waals surface area (Å²) >= 11 is 0. The van der Waals surface area contributed by atoms with Crippen molar-refractivity contribution in [3.05, 3.63) is 30.5 Å². The van der Waals surface area contributed by atoms with E-state index in [-0.39, 0.29) is 5.95 Å². The second kappa shape index (κ2) is 5.33. The van der Waals surface area contributed by atoms with Crippen LogP contribution in [0.1, 0.15) is 0 Å². The smallest absolute Gasteiger partial charge is 0.221 e. The minimum atomic E-state index is 0.159.